The molecule has 1 saturated heterocycles. The number of nitrogens with zero attached hydrogens (tertiary/aromatic N) is 5. The van der Waals surface area contributed by atoms with Gasteiger partial charge in [-0.05, 0) is 66.9 Å². The van der Waals surface area contributed by atoms with Crippen LogP contribution < -0.4 is 10.1 Å². The molecule has 2 aromatic rings. The summed E-state index contributed by atoms with van der Waals surface area (Å²) in [4.78, 5) is 14.4. The number of aromatic nitrogens is 4. The number of rotatable bonds is 12. The standard InChI is InChI=1S/C21H32N6O4S/c1-26-21(23-24-25-26)32(29,30)15-6-10-20(28)22-11-7-14-31-19-9-5-8-18(16-19)17-27-12-3-2-4-13-27/h5,8-9,16H,2-4,6-7,10-15,17H2,1H3,(H,22,28). The first-order valence-electron chi connectivity index (χ1n) is 11.1. The number of aryl methyl sites for hydroxylation is 1. The normalized spacial score (nSPS) is 14.9. The van der Waals surface area contributed by atoms with Crippen LogP contribution in [0.2, 0.25) is 0 Å². The molecule has 1 amide bonds. The molecule has 0 radical (unpaired) electrons. The average molecular weight is 465 g/mol. The number of likely N-dealkylation sites (tertiary alicyclic amines) is 1. The molecule has 1 aliphatic rings. The van der Waals surface area contributed by atoms with Crippen LogP contribution in [0.5, 0.6) is 5.75 Å². The number of amides is 1. The number of piperidine rings is 1. The number of carbonyl (C=O) groups is 1. The second-order valence-electron chi connectivity index (χ2n) is 8.04. The molecule has 0 saturated carbocycles. The lowest BCUT2D eigenvalue weighted by Gasteiger charge is -2.26. The molecule has 1 aromatic carbocycles. The fraction of sp³-hybridized carbons (Fsp3) is 0.619. The van der Waals surface area contributed by atoms with Crippen LogP contribution in [0.25, 0.3) is 0 Å². The fourth-order valence-electron chi connectivity index (χ4n) is 3.69. The Morgan fingerprint density at radius 3 is 2.75 bits per heavy atom. The zero-order valence-corrected chi connectivity index (χ0v) is 19.4. The summed E-state index contributed by atoms with van der Waals surface area (Å²) in [6.07, 6.45) is 4.89. The molecule has 1 aliphatic heterocycles. The quantitative estimate of drug-likeness (QED) is 0.467. The van der Waals surface area contributed by atoms with Crippen molar-refractivity contribution in [1.82, 2.24) is 30.4 Å². The number of ether oxygens (including phenoxy) is 1. The van der Waals surface area contributed by atoms with Crippen LogP contribution in [-0.2, 0) is 28.2 Å². The van der Waals surface area contributed by atoms with Gasteiger partial charge in [0.15, 0.2) is 0 Å². The van der Waals surface area contributed by atoms with Crippen molar-refractivity contribution in [3.8, 4) is 5.75 Å². The maximum Gasteiger partial charge on any atom is 0.267 e. The van der Waals surface area contributed by atoms with Gasteiger partial charge in [0.2, 0.25) is 15.7 Å². The Balaban J connectivity index is 1.29. The second kappa shape index (κ2) is 11.9. The Morgan fingerprint density at radius 1 is 1.19 bits per heavy atom. The highest BCUT2D eigenvalue weighted by atomic mass is 32.2. The van der Waals surface area contributed by atoms with Crippen molar-refractivity contribution in [2.75, 3.05) is 32.0 Å². The maximum absolute atomic E-state index is 12.2. The van der Waals surface area contributed by atoms with Crippen LogP contribution in [0.4, 0.5) is 0 Å². The number of tetrazole rings is 1. The monoisotopic (exact) mass is 464 g/mol. The van der Waals surface area contributed by atoms with Crippen molar-refractivity contribution >= 4 is 15.7 Å². The van der Waals surface area contributed by atoms with Crippen molar-refractivity contribution in [3.05, 3.63) is 29.8 Å². The zero-order chi connectivity index (χ0) is 22.8. The summed E-state index contributed by atoms with van der Waals surface area (Å²) in [6, 6.07) is 8.18. The van der Waals surface area contributed by atoms with Crippen LogP contribution in [-0.4, -0.2) is 71.4 Å². The highest BCUT2D eigenvalue weighted by Crippen LogP contribution is 2.17. The molecule has 0 atom stereocenters. The lowest BCUT2D eigenvalue weighted by Crippen LogP contribution is -2.29. The Hall–Kier alpha value is -2.53. The predicted octanol–water partition coefficient (Wildman–Crippen LogP) is 1.34. The summed E-state index contributed by atoms with van der Waals surface area (Å²) in [5.41, 5.74) is 1.25. The van der Waals surface area contributed by atoms with E-state index in [2.05, 4.69) is 37.9 Å². The molecule has 0 bridgehead atoms. The molecule has 10 nitrogen and oxygen atoms in total. The number of benzene rings is 1. The zero-order valence-electron chi connectivity index (χ0n) is 18.6. The van der Waals surface area contributed by atoms with E-state index in [1.165, 1.54) is 31.9 Å². The Morgan fingerprint density at radius 2 is 2.00 bits per heavy atom. The predicted molar refractivity (Wildman–Crippen MR) is 119 cm³/mol. The first-order valence-corrected chi connectivity index (χ1v) is 12.8. The van der Waals surface area contributed by atoms with E-state index in [1.807, 2.05) is 12.1 Å². The second-order valence-corrected chi connectivity index (χ2v) is 10.0. The summed E-state index contributed by atoms with van der Waals surface area (Å²) in [5, 5.41) is 13.0. The van der Waals surface area contributed by atoms with E-state index in [0.29, 0.717) is 19.6 Å². The van der Waals surface area contributed by atoms with E-state index in [1.54, 1.807) is 0 Å². The number of hydrogen-bond acceptors (Lipinski definition) is 8. The van der Waals surface area contributed by atoms with E-state index >= 15 is 0 Å². The summed E-state index contributed by atoms with van der Waals surface area (Å²) >= 11 is 0. The average Bonchev–Trinajstić information content (AvgIpc) is 3.21. The minimum Gasteiger partial charge on any atom is -0.494 e. The van der Waals surface area contributed by atoms with E-state index in [9.17, 15) is 13.2 Å². The van der Waals surface area contributed by atoms with Gasteiger partial charge < -0.3 is 10.1 Å². The summed E-state index contributed by atoms with van der Waals surface area (Å²) in [6.45, 7) is 4.26. The van der Waals surface area contributed by atoms with Crippen LogP contribution in [0.15, 0.2) is 29.4 Å². The van der Waals surface area contributed by atoms with Crippen molar-refractivity contribution < 1.29 is 17.9 Å². The molecule has 0 spiro atoms. The van der Waals surface area contributed by atoms with E-state index in [4.69, 9.17) is 4.74 Å². The number of nitrogens with one attached hydrogen (secondary N) is 1. The SMILES string of the molecule is Cn1nnnc1S(=O)(=O)CCCC(=O)NCCCOc1cccc(CN2CCCCC2)c1. The summed E-state index contributed by atoms with van der Waals surface area (Å²) in [7, 11) is -2.13. The van der Waals surface area contributed by atoms with Crippen LogP contribution >= 0.6 is 0 Å². The Kier molecular flexibility index (Phi) is 8.98. The van der Waals surface area contributed by atoms with Gasteiger partial charge in [-0.2, -0.15) is 0 Å². The third-order valence-corrected chi connectivity index (χ3v) is 7.07. The molecule has 0 unspecified atom stereocenters. The molecule has 11 heteroatoms. The van der Waals surface area contributed by atoms with E-state index < -0.39 is 9.84 Å². The molecular formula is C21H32N6O4S. The highest BCUT2D eigenvalue weighted by molar-refractivity contribution is 7.91. The molecule has 1 aromatic heterocycles. The Labute approximate surface area is 189 Å². The van der Waals surface area contributed by atoms with Gasteiger partial charge in [-0.3, -0.25) is 9.69 Å². The summed E-state index contributed by atoms with van der Waals surface area (Å²) < 4.78 is 31.2. The first-order chi connectivity index (χ1) is 15.4. The summed E-state index contributed by atoms with van der Waals surface area (Å²) in [5.74, 6) is 0.486. The lowest BCUT2D eigenvalue weighted by molar-refractivity contribution is -0.121. The molecule has 1 fully saturated rings. The molecule has 176 valence electrons. The van der Waals surface area contributed by atoms with Crippen molar-refractivity contribution in [1.29, 1.82) is 0 Å². The van der Waals surface area contributed by atoms with Gasteiger partial charge >= 0.3 is 0 Å². The van der Waals surface area contributed by atoms with Crippen LogP contribution in [0.3, 0.4) is 0 Å². The van der Waals surface area contributed by atoms with E-state index in [0.717, 1.165) is 30.1 Å². The van der Waals surface area contributed by atoms with Gasteiger partial charge in [0.1, 0.15) is 5.75 Å². The highest BCUT2D eigenvalue weighted by Gasteiger charge is 2.21. The molecule has 2 heterocycles. The number of hydrogen-bond donors (Lipinski definition) is 1. The first kappa shape index (κ1) is 24.1. The molecule has 3 rings (SSSR count). The van der Waals surface area contributed by atoms with Crippen molar-refractivity contribution in [2.45, 2.75) is 50.2 Å². The minimum absolute atomic E-state index is 0.129. The maximum atomic E-state index is 12.2. The largest absolute Gasteiger partial charge is 0.494 e. The number of sulfone groups is 1. The lowest BCUT2D eigenvalue weighted by atomic mass is 10.1. The molecule has 1 N–H and O–H groups in total. The molecule has 32 heavy (non-hydrogen) atoms. The van der Waals surface area contributed by atoms with Crippen molar-refractivity contribution in [2.24, 2.45) is 7.05 Å². The van der Waals surface area contributed by atoms with Gasteiger partial charge in [0.05, 0.1) is 12.4 Å². The van der Waals surface area contributed by atoms with Gasteiger partial charge in [-0.1, -0.05) is 23.7 Å². The molecule has 0 aliphatic carbocycles. The topological polar surface area (TPSA) is 119 Å². The van der Waals surface area contributed by atoms with Crippen molar-refractivity contribution in [3.63, 3.8) is 0 Å². The van der Waals surface area contributed by atoms with Gasteiger partial charge in [-0.25, -0.2) is 13.1 Å². The van der Waals surface area contributed by atoms with Gasteiger partial charge in [0, 0.05) is 26.6 Å². The number of carbonyl (C=O) groups excluding carboxylic acids is 1. The van der Waals surface area contributed by atoms with Crippen LogP contribution in [0, 0.1) is 0 Å². The van der Waals surface area contributed by atoms with Gasteiger partial charge in [0.25, 0.3) is 5.16 Å². The van der Waals surface area contributed by atoms with E-state index in [-0.39, 0.29) is 29.7 Å². The Bertz CT molecular complexity index is 972. The third kappa shape index (κ3) is 7.56. The molecular weight excluding hydrogens is 432 g/mol. The fourth-order valence-corrected chi connectivity index (χ4v) is 4.99. The minimum atomic E-state index is -3.59. The smallest absolute Gasteiger partial charge is 0.267 e. The third-order valence-electron chi connectivity index (χ3n) is 5.34. The van der Waals surface area contributed by atoms with Gasteiger partial charge in [-0.15, -0.1) is 0 Å². The van der Waals surface area contributed by atoms with Crippen LogP contribution in [0.1, 0.15) is 44.1 Å².